The molecular formula is C18H25N5O4S. The van der Waals surface area contributed by atoms with Crippen molar-refractivity contribution in [2.24, 2.45) is 20.7 Å². The molecule has 10 heteroatoms. The van der Waals surface area contributed by atoms with Crippen molar-refractivity contribution in [2.75, 3.05) is 0 Å². The molecular weight excluding hydrogens is 382 g/mol. The fraction of sp³-hybridized carbons (Fsp3) is 0.611. The van der Waals surface area contributed by atoms with E-state index in [2.05, 4.69) is 26.0 Å². The molecule has 0 saturated carbocycles. The van der Waals surface area contributed by atoms with Crippen molar-refractivity contribution in [3.63, 3.8) is 0 Å². The summed E-state index contributed by atoms with van der Waals surface area (Å²) in [5.41, 5.74) is 0.362. The molecule has 0 spiro atoms. The second kappa shape index (κ2) is 7.32. The van der Waals surface area contributed by atoms with E-state index in [-0.39, 0.29) is 23.3 Å². The smallest absolute Gasteiger partial charge is 0.323 e. The van der Waals surface area contributed by atoms with Crippen LogP contribution in [0.5, 0.6) is 0 Å². The summed E-state index contributed by atoms with van der Waals surface area (Å²) in [5.74, 6) is -0.347. The molecule has 1 N–H and O–H groups in total. The van der Waals surface area contributed by atoms with Gasteiger partial charge in [0.2, 0.25) is 9.84 Å². The topological polar surface area (TPSA) is 122 Å². The van der Waals surface area contributed by atoms with E-state index in [1.165, 1.54) is 12.1 Å². The van der Waals surface area contributed by atoms with Gasteiger partial charge >= 0.3 is 5.97 Å². The van der Waals surface area contributed by atoms with Crippen LogP contribution in [0.15, 0.2) is 49.8 Å². The molecule has 2 atom stereocenters. The van der Waals surface area contributed by atoms with Crippen molar-refractivity contribution in [1.82, 2.24) is 5.32 Å². The van der Waals surface area contributed by atoms with E-state index in [4.69, 9.17) is 4.74 Å². The van der Waals surface area contributed by atoms with Gasteiger partial charge in [-0.05, 0) is 63.1 Å². The van der Waals surface area contributed by atoms with Crippen molar-refractivity contribution in [3.05, 3.63) is 29.8 Å². The number of hydrogen-bond acceptors (Lipinski definition) is 9. The van der Waals surface area contributed by atoms with Crippen molar-refractivity contribution < 1.29 is 17.9 Å². The Bertz CT molecular complexity index is 891. The molecule has 0 bridgehead atoms. The molecule has 0 amide bonds. The fourth-order valence-electron chi connectivity index (χ4n) is 3.26. The summed E-state index contributed by atoms with van der Waals surface area (Å²) in [6.45, 7) is 7.29. The molecule has 2 heterocycles. The third-order valence-corrected chi connectivity index (χ3v) is 6.73. The van der Waals surface area contributed by atoms with Crippen molar-refractivity contribution in [2.45, 2.75) is 74.5 Å². The SMILES string of the molecule is Cc1ccc(S(=O)(=O)C2(CC3CCC(C(=O)OC(C)(C)C)N3)N=NN=N2)cc1. The molecule has 1 fully saturated rings. The van der Waals surface area contributed by atoms with E-state index in [1.807, 2.05) is 6.92 Å². The normalized spacial score (nSPS) is 23.9. The van der Waals surface area contributed by atoms with Gasteiger partial charge in [0.25, 0.3) is 4.99 Å². The summed E-state index contributed by atoms with van der Waals surface area (Å²) in [4.78, 5) is 10.6. The zero-order valence-electron chi connectivity index (χ0n) is 16.4. The number of benzene rings is 1. The lowest BCUT2D eigenvalue weighted by Crippen LogP contribution is -2.44. The first kappa shape index (κ1) is 20.5. The van der Waals surface area contributed by atoms with Gasteiger partial charge in [-0.25, -0.2) is 8.42 Å². The van der Waals surface area contributed by atoms with Crippen LogP contribution >= 0.6 is 0 Å². The molecule has 2 aliphatic heterocycles. The number of carbonyl (C=O) groups excluding carboxylic acids is 1. The third kappa shape index (κ3) is 4.12. The minimum absolute atomic E-state index is 0.0372. The lowest BCUT2D eigenvalue weighted by Gasteiger charge is -2.25. The number of nitrogens with one attached hydrogen (secondary N) is 1. The Hall–Kier alpha value is -2.20. The average Bonchev–Trinajstić information content (AvgIpc) is 3.24. The minimum atomic E-state index is -3.95. The summed E-state index contributed by atoms with van der Waals surface area (Å²) < 4.78 is 31.9. The van der Waals surface area contributed by atoms with Gasteiger partial charge in [-0.15, -0.1) is 10.2 Å². The van der Waals surface area contributed by atoms with Crippen LogP contribution in [0.25, 0.3) is 0 Å². The molecule has 0 aliphatic carbocycles. The molecule has 0 radical (unpaired) electrons. The van der Waals surface area contributed by atoms with Crippen molar-refractivity contribution in [1.29, 1.82) is 0 Å². The summed E-state index contributed by atoms with van der Waals surface area (Å²) in [5, 5.41) is 17.9. The van der Waals surface area contributed by atoms with E-state index in [0.29, 0.717) is 12.8 Å². The van der Waals surface area contributed by atoms with Crippen LogP contribution in [0, 0.1) is 6.92 Å². The molecule has 9 nitrogen and oxygen atoms in total. The first-order valence-electron chi connectivity index (χ1n) is 9.17. The fourth-order valence-corrected chi connectivity index (χ4v) is 4.85. The predicted molar refractivity (Wildman–Crippen MR) is 101 cm³/mol. The zero-order chi connectivity index (χ0) is 20.6. The van der Waals surface area contributed by atoms with E-state index >= 15 is 0 Å². The van der Waals surface area contributed by atoms with Gasteiger partial charge in [0.05, 0.1) is 4.90 Å². The monoisotopic (exact) mass is 407 g/mol. The molecule has 2 aliphatic rings. The Balaban J connectivity index is 1.77. The van der Waals surface area contributed by atoms with E-state index in [9.17, 15) is 13.2 Å². The Morgan fingerprint density at radius 1 is 1.18 bits per heavy atom. The highest BCUT2D eigenvalue weighted by Gasteiger charge is 2.51. The molecule has 1 aromatic carbocycles. The number of hydrogen-bond donors (Lipinski definition) is 1. The van der Waals surface area contributed by atoms with Gasteiger partial charge in [-0.3, -0.25) is 4.79 Å². The van der Waals surface area contributed by atoms with Gasteiger partial charge in [0, 0.05) is 12.5 Å². The summed E-state index contributed by atoms with van der Waals surface area (Å²) >= 11 is 0. The van der Waals surface area contributed by atoms with Gasteiger partial charge in [-0.2, -0.15) is 0 Å². The lowest BCUT2D eigenvalue weighted by atomic mass is 10.1. The number of rotatable bonds is 5. The molecule has 2 unspecified atom stereocenters. The molecule has 1 saturated heterocycles. The average molecular weight is 407 g/mol. The minimum Gasteiger partial charge on any atom is -0.459 e. The van der Waals surface area contributed by atoms with E-state index in [1.54, 1.807) is 32.9 Å². The zero-order valence-corrected chi connectivity index (χ0v) is 17.2. The maximum atomic E-state index is 13.2. The van der Waals surface area contributed by atoms with Crippen molar-refractivity contribution >= 4 is 15.8 Å². The second-order valence-electron chi connectivity index (χ2n) is 8.17. The number of nitrogens with zero attached hydrogens (tertiary/aromatic N) is 4. The van der Waals surface area contributed by atoms with Crippen LogP contribution in [0.3, 0.4) is 0 Å². The second-order valence-corrected chi connectivity index (χ2v) is 10.3. The number of ether oxygens (including phenoxy) is 1. The summed E-state index contributed by atoms with van der Waals surface area (Å²) in [7, 11) is -3.95. The highest BCUT2D eigenvalue weighted by molar-refractivity contribution is 7.92. The van der Waals surface area contributed by atoms with Crippen LogP contribution in [0.2, 0.25) is 0 Å². The highest BCUT2D eigenvalue weighted by Crippen LogP contribution is 2.38. The van der Waals surface area contributed by atoms with Gasteiger partial charge < -0.3 is 10.1 Å². The number of aryl methyl sites for hydroxylation is 1. The lowest BCUT2D eigenvalue weighted by molar-refractivity contribution is -0.157. The first-order valence-corrected chi connectivity index (χ1v) is 10.7. The Kier molecular flexibility index (Phi) is 5.37. The molecule has 28 heavy (non-hydrogen) atoms. The third-order valence-electron chi connectivity index (χ3n) is 4.65. The number of carbonyl (C=O) groups is 1. The maximum Gasteiger partial charge on any atom is 0.323 e. The summed E-state index contributed by atoms with van der Waals surface area (Å²) in [6.07, 6.45) is 1.18. The largest absolute Gasteiger partial charge is 0.459 e. The highest BCUT2D eigenvalue weighted by atomic mass is 32.2. The Morgan fingerprint density at radius 3 is 2.36 bits per heavy atom. The van der Waals surface area contributed by atoms with Crippen LogP contribution < -0.4 is 5.32 Å². The summed E-state index contributed by atoms with van der Waals surface area (Å²) in [6, 6.07) is 5.72. The predicted octanol–water partition coefficient (Wildman–Crippen LogP) is 3.11. The molecule has 3 rings (SSSR count). The van der Waals surface area contributed by atoms with Crippen LogP contribution in [-0.2, 0) is 19.4 Å². The van der Waals surface area contributed by atoms with Crippen LogP contribution in [-0.4, -0.2) is 37.1 Å². The Labute approximate surface area is 164 Å². The molecule has 1 aromatic rings. The van der Waals surface area contributed by atoms with Crippen molar-refractivity contribution in [3.8, 4) is 0 Å². The molecule has 152 valence electrons. The molecule has 0 aromatic heterocycles. The van der Waals surface area contributed by atoms with Crippen LogP contribution in [0.1, 0.15) is 45.6 Å². The Morgan fingerprint density at radius 2 is 1.79 bits per heavy atom. The van der Waals surface area contributed by atoms with E-state index in [0.717, 1.165) is 5.56 Å². The number of esters is 1. The first-order chi connectivity index (χ1) is 13.0. The van der Waals surface area contributed by atoms with Gasteiger partial charge in [0.15, 0.2) is 0 Å². The standard InChI is InChI=1S/C18H25N5O4S/c1-12-5-8-14(9-6-12)28(25,26)18(20-22-23-21-18)11-13-7-10-15(19-13)16(24)27-17(2,3)4/h5-6,8-9,13,15,19H,7,10-11H2,1-4H3. The number of sulfone groups is 1. The maximum absolute atomic E-state index is 13.2. The van der Waals surface area contributed by atoms with E-state index < -0.39 is 26.5 Å². The van der Waals surface area contributed by atoms with Crippen LogP contribution in [0.4, 0.5) is 0 Å². The quantitative estimate of drug-likeness (QED) is 0.752. The van der Waals surface area contributed by atoms with Gasteiger partial charge in [-0.1, -0.05) is 17.7 Å². The van der Waals surface area contributed by atoms with Gasteiger partial charge in [0.1, 0.15) is 11.6 Å².